The second-order valence-electron chi connectivity index (χ2n) is 11.0. The third-order valence-electron chi connectivity index (χ3n) is 8.45. The summed E-state index contributed by atoms with van der Waals surface area (Å²) in [5.74, 6) is 0. The van der Waals surface area contributed by atoms with E-state index in [4.69, 9.17) is 0 Å². The van der Waals surface area contributed by atoms with E-state index in [0.29, 0.717) is 0 Å². The first-order valence-electron chi connectivity index (χ1n) is 14.1. The van der Waals surface area contributed by atoms with Gasteiger partial charge in [0, 0.05) is 0 Å². The molecule has 0 fully saturated rings. The van der Waals surface area contributed by atoms with E-state index < -0.39 is 22.8 Å². The van der Waals surface area contributed by atoms with E-state index >= 15 is 0 Å². The number of aryl methyl sites for hydroxylation is 1. The maximum absolute atomic E-state index is 2.46. The van der Waals surface area contributed by atoms with Crippen LogP contribution in [0.15, 0.2) is 156 Å². The fourth-order valence-electron chi connectivity index (χ4n) is 6.46. The normalized spacial score (nSPS) is 18.0. The molecule has 1 atom stereocenters. The molecule has 0 N–H and O–H groups in total. The quantitative estimate of drug-likeness (QED) is 0.303. The van der Waals surface area contributed by atoms with Gasteiger partial charge in [-0.15, -0.1) is 0 Å². The molecule has 7 rings (SSSR count). The number of hydrogen-bond acceptors (Lipinski definition) is 0. The van der Waals surface area contributed by atoms with Gasteiger partial charge in [-0.25, -0.2) is 0 Å². The van der Waals surface area contributed by atoms with Crippen molar-refractivity contribution in [3.05, 3.63) is 189 Å². The third-order valence-corrected chi connectivity index (χ3v) is 12.4. The van der Waals surface area contributed by atoms with Gasteiger partial charge in [0.15, 0.2) is 0 Å². The van der Waals surface area contributed by atoms with Gasteiger partial charge < -0.3 is 24.8 Å². The molecule has 42 heavy (non-hydrogen) atoms. The molecule has 0 aromatic heterocycles. The van der Waals surface area contributed by atoms with Crippen molar-refractivity contribution in [2.75, 3.05) is 0 Å². The van der Waals surface area contributed by atoms with Gasteiger partial charge in [-0.2, -0.15) is 0 Å². The van der Waals surface area contributed by atoms with Gasteiger partial charge in [-0.3, -0.25) is 0 Å². The molecule has 0 spiro atoms. The standard InChI is InChI=1S/C26H21.C13H10.2ClH.Zr/c1-18-12-13-22-20(16-18)17-24-23(22)14-15-26(2,21-10-4-3-5-11-21)25(24)19-8-6-7-9-19;1-3-7-12(8-4-1)11-13-9-5-2-6-10-13;;;/h3-8,10-16H,9H2,1-2H3;1-10H;2*1H;/q;;;;+2/p-2. The summed E-state index contributed by atoms with van der Waals surface area (Å²) in [4.78, 5) is 0. The monoisotopic (exact) mass is 659 g/mol. The number of halogens is 2. The molecule has 3 aliphatic carbocycles. The molecule has 3 aliphatic rings. The first kappa shape index (κ1) is 30.4. The van der Waals surface area contributed by atoms with Gasteiger partial charge in [-0.05, 0) is 0 Å². The van der Waals surface area contributed by atoms with Gasteiger partial charge in [0.2, 0.25) is 0 Å². The van der Waals surface area contributed by atoms with Crippen molar-refractivity contribution in [2.24, 2.45) is 0 Å². The van der Waals surface area contributed by atoms with Crippen LogP contribution in [0.25, 0.3) is 8.85 Å². The zero-order chi connectivity index (χ0) is 27.1. The average molecular weight is 662 g/mol. The molecule has 4 aromatic rings. The molecule has 0 nitrogen and oxygen atoms in total. The number of allylic oxidation sites excluding steroid dienone is 8. The van der Waals surface area contributed by atoms with E-state index in [1.54, 1.807) is 3.28 Å². The van der Waals surface area contributed by atoms with E-state index in [2.05, 4.69) is 153 Å². The Hall–Kier alpha value is -3.09. The van der Waals surface area contributed by atoms with Crippen LogP contribution >= 0.6 is 0 Å². The molecule has 205 valence electrons. The zero-order valence-electron chi connectivity index (χ0n) is 23.7. The van der Waals surface area contributed by atoms with Crippen molar-refractivity contribution in [3.8, 4) is 0 Å². The number of rotatable bonds is 5. The Balaban J connectivity index is 0.00000176. The van der Waals surface area contributed by atoms with Crippen LogP contribution in [0.5, 0.6) is 0 Å². The van der Waals surface area contributed by atoms with E-state index in [9.17, 15) is 0 Å². The Labute approximate surface area is 272 Å². The summed E-state index contributed by atoms with van der Waals surface area (Å²) in [5.41, 5.74) is 11.1. The predicted octanol–water partition coefficient (Wildman–Crippen LogP) is 1.34. The van der Waals surface area contributed by atoms with Crippen LogP contribution in [-0.4, -0.2) is 3.21 Å². The van der Waals surface area contributed by atoms with Gasteiger partial charge >= 0.3 is 249 Å². The molecule has 3 heteroatoms. The molecule has 0 heterocycles. The van der Waals surface area contributed by atoms with Crippen molar-refractivity contribution < 1.29 is 47.6 Å². The Morgan fingerprint density at radius 3 is 1.95 bits per heavy atom. The van der Waals surface area contributed by atoms with Crippen LogP contribution in [-0.2, 0) is 28.2 Å². The molecule has 0 saturated carbocycles. The molecule has 0 amide bonds. The molecular weight excluding hydrogens is 631 g/mol. The van der Waals surface area contributed by atoms with Crippen LogP contribution in [0.3, 0.4) is 0 Å². The van der Waals surface area contributed by atoms with Crippen LogP contribution in [0.1, 0.15) is 35.6 Å². The molecule has 0 aliphatic heterocycles. The third kappa shape index (κ3) is 5.28. The minimum absolute atomic E-state index is 0. The van der Waals surface area contributed by atoms with Crippen LogP contribution in [0, 0.1) is 6.92 Å². The van der Waals surface area contributed by atoms with Gasteiger partial charge in [0.1, 0.15) is 0 Å². The van der Waals surface area contributed by atoms with Gasteiger partial charge in [0.25, 0.3) is 0 Å². The van der Waals surface area contributed by atoms with Crippen LogP contribution in [0.4, 0.5) is 0 Å². The van der Waals surface area contributed by atoms with Crippen molar-refractivity contribution in [2.45, 2.75) is 25.7 Å². The second kappa shape index (κ2) is 12.6. The first-order valence-corrected chi connectivity index (χ1v) is 16.6. The maximum Gasteiger partial charge on any atom is -1.00 e. The number of hydrogen-bond donors (Lipinski definition) is 0. The Morgan fingerprint density at radius 2 is 1.36 bits per heavy atom. The number of fused-ring (bicyclic) bond motifs is 2. The molecule has 0 saturated heterocycles. The minimum Gasteiger partial charge on any atom is -1.00 e. The van der Waals surface area contributed by atoms with E-state index in [0.717, 1.165) is 6.42 Å². The van der Waals surface area contributed by atoms with Crippen molar-refractivity contribution >= 4 is 12.1 Å². The van der Waals surface area contributed by atoms with Crippen molar-refractivity contribution in [1.29, 1.82) is 0 Å². The zero-order valence-corrected chi connectivity index (χ0v) is 27.7. The maximum atomic E-state index is 2.46. The van der Waals surface area contributed by atoms with E-state index in [1.807, 2.05) is 0 Å². The predicted molar refractivity (Wildman–Crippen MR) is 165 cm³/mol. The largest absolute Gasteiger partial charge is 1.00 e. The SMILES string of the molecule is Cc1ccc2c(c1)=[C]([Zr+2]=[C](c1ccccc1)c1ccccc1)C1=C(C3=CC=CC3)C(C)(c3ccccc3)C=CC=21.[Cl-].[Cl-]. The molecule has 0 bridgehead atoms. The number of benzene rings is 4. The van der Waals surface area contributed by atoms with Gasteiger partial charge in [0.05, 0.1) is 0 Å². The average Bonchev–Trinajstić information content (AvgIpc) is 3.63. The summed E-state index contributed by atoms with van der Waals surface area (Å²) in [5, 5.41) is 2.85. The summed E-state index contributed by atoms with van der Waals surface area (Å²) in [7, 11) is 0. The topological polar surface area (TPSA) is 0 Å². The summed E-state index contributed by atoms with van der Waals surface area (Å²) in [6.07, 6.45) is 12.8. The Morgan fingerprint density at radius 1 is 0.738 bits per heavy atom. The second-order valence-corrected chi connectivity index (χ2v) is 14.1. The Kier molecular flexibility index (Phi) is 9.15. The first-order chi connectivity index (χ1) is 19.6. The van der Waals surface area contributed by atoms with Crippen LogP contribution < -0.4 is 35.3 Å². The molecular formula is C39H31Cl2Zr. The molecule has 4 aromatic carbocycles. The van der Waals surface area contributed by atoms with Gasteiger partial charge in [-0.1, -0.05) is 0 Å². The Bertz CT molecular complexity index is 1870. The van der Waals surface area contributed by atoms with Crippen molar-refractivity contribution in [3.63, 3.8) is 0 Å². The summed E-state index contributed by atoms with van der Waals surface area (Å²) in [6, 6.07) is 40.4. The molecule has 0 radical (unpaired) electrons. The summed E-state index contributed by atoms with van der Waals surface area (Å²) >= 11 is -1.29. The summed E-state index contributed by atoms with van der Waals surface area (Å²) < 4.78 is 3.14. The molecule has 1 unspecified atom stereocenters. The minimum atomic E-state index is -1.29. The van der Waals surface area contributed by atoms with E-state index in [-0.39, 0.29) is 30.2 Å². The van der Waals surface area contributed by atoms with Crippen molar-refractivity contribution in [1.82, 2.24) is 0 Å². The van der Waals surface area contributed by atoms with E-state index in [1.165, 1.54) is 58.2 Å². The fourth-order valence-corrected chi connectivity index (χ4v) is 10.4. The van der Waals surface area contributed by atoms with Crippen LogP contribution in [0.2, 0.25) is 0 Å². The summed E-state index contributed by atoms with van der Waals surface area (Å²) in [6.45, 7) is 4.66. The smallest absolute Gasteiger partial charge is 1.00 e. The fraction of sp³-hybridized carbons (Fsp3) is 0.103.